The van der Waals surface area contributed by atoms with Crippen LogP contribution in [0, 0.1) is 6.92 Å². The molecule has 0 saturated heterocycles. The molecule has 0 atom stereocenters. The first-order valence-electron chi connectivity index (χ1n) is 7.85. The van der Waals surface area contributed by atoms with Crippen molar-refractivity contribution >= 4 is 17.3 Å². The van der Waals surface area contributed by atoms with Crippen LogP contribution in [0.4, 0.5) is 0 Å². The van der Waals surface area contributed by atoms with Gasteiger partial charge in [0.25, 0.3) is 0 Å². The summed E-state index contributed by atoms with van der Waals surface area (Å²) in [6, 6.07) is 11.6. The Kier molecular flexibility index (Phi) is 4.71. The highest BCUT2D eigenvalue weighted by Crippen LogP contribution is 2.34. The first kappa shape index (κ1) is 16.3. The van der Waals surface area contributed by atoms with Crippen molar-refractivity contribution in [2.24, 2.45) is 0 Å². The summed E-state index contributed by atoms with van der Waals surface area (Å²) in [5.41, 5.74) is 4.39. The Morgan fingerprint density at radius 3 is 2.58 bits per heavy atom. The number of carboxylic acid groups (broad SMARTS) is 1. The number of aromatic nitrogens is 2. The van der Waals surface area contributed by atoms with Gasteiger partial charge in [0.05, 0.1) is 5.69 Å². The van der Waals surface area contributed by atoms with Crippen molar-refractivity contribution in [3.8, 4) is 21.8 Å². The van der Waals surface area contributed by atoms with Crippen LogP contribution in [-0.4, -0.2) is 21.0 Å². The third-order valence-corrected chi connectivity index (χ3v) is 4.81. The van der Waals surface area contributed by atoms with Crippen molar-refractivity contribution in [3.63, 3.8) is 0 Å². The molecule has 24 heavy (non-hydrogen) atoms. The second-order valence-corrected chi connectivity index (χ2v) is 6.65. The van der Waals surface area contributed by atoms with Crippen LogP contribution in [0.2, 0.25) is 0 Å². The molecule has 2 heterocycles. The van der Waals surface area contributed by atoms with E-state index in [0.717, 1.165) is 35.2 Å². The number of thiazole rings is 1. The Balaban J connectivity index is 2.07. The molecule has 0 spiro atoms. The molecule has 1 aromatic carbocycles. The van der Waals surface area contributed by atoms with Crippen LogP contribution < -0.4 is 0 Å². The van der Waals surface area contributed by atoms with E-state index in [0.29, 0.717) is 10.7 Å². The molecule has 0 bridgehead atoms. The summed E-state index contributed by atoms with van der Waals surface area (Å²) in [6.07, 6.45) is 3.67. The lowest BCUT2D eigenvalue weighted by Crippen LogP contribution is -1.95. The number of carbonyl (C=O) groups is 1. The fourth-order valence-corrected chi connectivity index (χ4v) is 3.42. The van der Waals surface area contributed by atoms with Crippen LogP contribution in [0.25, 0.3) is 21.8 Å². The number of hydrogen-bond acceptors (Lipinski definition) is 4. The molecule has 2 aromatic heterocycles. The van der Waals surface area contributed by atoms with Crippen LogP contribution in [0.15, 0.2) is 42.6 Å². The maximum absolute atomic E-state index is 11.6. The zero-order valence-electron chi connectivity index (χ0n) is 13.6. The van der Waals surface area contributed by atoms with Crippen LogP contribution in [-0.2, 0) is 6.42 Å². The Labute approximate surface area is 144 Å². The topological polar surface area (TPSA) is 63.1 Å². The number of hydrogen-bond donors (Lipinski definition) is 1. The van der Waals surface area contributed by atoms with Gasteiger partial charge < -0.3 is 5.11 Å². The Morgan fingerprint density at radius 2 is 1.92 bits per heavy atom. The molecule has 0 fully saturated rings. The standard InChI is InChI=1S/C19H18N2O2S/c1-3-4-15-11-14(9-10-20-15)18-21-16(17(24-18)19(22)23)13-7-5-12(2)6-8-13/h5-11H,3-4H2,1-2H3,(H,22,23). The molecule has 122 valence electrons. The van der Waals surface area contributed by atoms with Crippen molar-refractivity contribution in [3.05, 3.63) is 58.7 Å². The predicted octanol–water partition coefficient (Wildman–Crippen LogP) is 4.83. The average molecular weight is 338 g/mol. The lowest BCUT2D eigenvalue weighted by Gasteiger charge is -2.01. The third-order valence-electron chi connectivity index (χ3n) is 3.72. The van der Waals surface area contributed by atoms with E-state index >= 15 is 0 Å². The minimum absolute atomic E-state index is 0.266. The highest BCUT2D eigenvalue weighted by Gasteiger charge is 2.19. The van der Waals surface area contributed by atoms with Crippen LogP contribution in [0.3, 0.4) is 0 Å². The summed E-state index contributed by atoms with van der Waals surface area (Å²) in [5, 5.41) is 10.2. The molecule has 0 unspecified atom stereocenters. The molecule has 3 rings (SSSR count). The largest absolute Gasteiger partial charge is 0.477 e. The van der Waals surface area contributed by atoms with Gasteiger partial charge in [0.1, 0.15) is 9.88 Å². The fraction of sp³-hybridized carbons (Fsp3) is 0.211. The van der Waals surface area contributed by atoms with Gasteiger partial charge in [-0.3, -0.25) is 4.98 Å². The van der Waals surface area contributed by atoms with Gasteiger partial charge in [0.2, 0.25) is 0 Å². The van der Waals surface area contributed by atoms with E-state index in [-0.39, 0.29) is 4.88 Å². The second kappa shape index (κ2) is 6.93. The number of benzene rings is 1. The normalized spacial score (nSPS) is 10.8. The van der Waals surface area contributed by atoms with Gasteiger partial charge in [0, 0.05) is 23.0 Å². The van der Waals surface area contributed by atoms with Crippen molar-refractivity contribution < 1.29 is 9.90 Å². The van der Waals surface area contributed by atoms with Crippen molar-refractivity contribution in [2.75, 3.05) is 0 Å². The first-order chi connectivity index (χ1) is 11.6. The number of rotatable bonds is 5. The predicted molar refractivity (Wildman–Crippen MR) is 96.5 cm³/mol. The van der Waals surface area contributed by atoms with E-state index in [9.17, 15) is 9.90 Å². The highest BCUT2D eigenvalue weighted by molar-refractivity contribution is 7.17. The lowest BCUT2D eigenvalue weighted by molar-refractivity contribution is 0.0702. The quantitative estimate of drug-likeness (QED) is 0.723. The maximum atomic E-state index is 11.6. The molecular weight excluding hydrogens is 320 g/mol. The molecule has 5 heteroatoms. The number of carboxylic acids is 1. The first-order valence-corrected chi connectivity index (χ1v) is 8.66. The number of nitrogens with zero attached hydrogens (tertiary/aromatic N) is 2. The third kappa shape index (κ3) is 3.36. The Bertz CT molecular complexity index is 869. The SMILES string of the molecule is CCCc1cc(-c2nc(-c3ccc(C)cc3)c(C(=O)O)s2)ccn1. The van der Waals surface area contributed by atoms with Crippen LogP contribution >= 0.6 is 11.3 Å². The summed E-state index contributed by atoms with van der Waals surface area (Å²) in [4.78, 5) is 20.9. The van der Waals surface area contributed by atoms with E-state index in [1.807, 2.05) is 43.3 Å². The van der Waals surface area contributed by atoms with Gasteiger partial charge >= 0.3 is 5.97 Å². The molecular formula is C19H18N2O2S. The maximum Gasteiger partial charge on any atom is 0.348 e. The molecule has 4 nitrogen and oxygen atoms in total. The Hall–Kier alpha value is -2.53. The molecule has 3 aromatic rings. The highest BCUT2D eigenvalue weighted by atomic mass is 32.1. The van der Waals surface area contributed by atoms with Crippen LogP contribution in [0.5, 0.6) is 0 Å². The summed E-state index contributed by atoms with van der Waals surface area (Å²) >= 11 is 1.21. The number of pyridine rings is 1. The van der Waals surface area contributed by atoms with Crippen molar-refractivity contribution in [1.82, 2.24) is 9.97 Å². The molecule has 0 aliphatic heterocycles. The van der Waals surface area contributed by atoms with Crippen molar-refractivity contribution in [1.29, 1.82) is 0 Å². The lowest BCUT2D eigenvalue weighted by atomic mass is 10.1. The van der Waals surface area contributed by atoms with Gasteiger partial charge in [0.15, 0.2) is 0 Å². The monoisotopic (exact) mass is 338 g/mol. The van der Waals surface area contributed by atoms with E-state index in [1.165, 1.54) is 11.3 Å². The molecule has 0 aliphatic carbocycles. The second-order valence-electron chi connectivity index (χ2n) is 5.65. The zero-order chi connectivity index (χ0) is 17.1. The summed E-state index contributed by atoms with van der Waals surface area (Å²) in [5.74, 6) is -0.947. The molecule has 1 N–H and O–H groups in total. The fourth-order valence-electron chi connectivity index (χ4n) is 2.50. The van der Waals surface area contributed by atoms with Gasteiger partial charge in [-0.15, -0.1) is 11.3 Å². The van der Waals surface area contributed by atoms with E-state index in [4.69, 9.17) is 0 Å². The summed E-state index contributed by atoms with van der Waals surface area (Å²) < 4.78 is 0. The number of aromatic carboxylic acids is 1. The molecule has 0 amide bonds. The molecule has 0 aliphatic rings. The van der Waals surface area contributed by atoms with E-state index < -0.39 is 5.97 Å². The number of aryl methyl sites for hydroxylation is 2. The Morgan fingerprint density at radius 1 is 1.17 bits per heavy atom. The van der Waals surface area contributed by atoms with E-state index in [1.54, 1.807) is 6.20 Å². The van der Waals surface area contributed by atoms with E-state index in [2.05, 4.69) is 16.9 Å². The summed E-state index contributed by atoms with van der Waals surface area (Å²) in [7, 11) is 0. The zero-order valence-corrected chi connectivity index (χ0v) is 14.4. The summed E-state index contributed by atoms with van der Waals surface area (Å²) in [6.45, 7) is 4.11. The van der Waals surface area contributed by atoms with Gasteiger partial charge in [-0.1, -0.05) is 43.2 Å². The van der Waals surface area contributed by atoms with Crippen molar-refractivity contribution in [2.45, 2.75) is 26.7 Å². The minimum atomic E-state index is -0.947. The van der Waals surface area contributed by atoms with Gasteiger partial charge in [-0.2, -0.15) is 0 Å². The molecule has 0 saturated carbocycles. The van der Waals surface area contributed by atoms with Gasteiger partial charge in [-0.25, -0.2) is 9.78 Å². The van der Waals surface area contributed by atoms with Crippen LogP contribution in [0.1, 0.15) is 34.3 Å². The molecule has 0 radical (unpaired) electrons. The smallest absolute Gasteiger partial charge is 0.348 e. The minimum Gasteiger partial charge on any atom is -0.477 e. The van der Waals surface area contributed by atoms with Gasteiger partial charge in [-0.05, 0) is 25.5 Å². The average Bonchev–Trinajstić information content (AvgIpc) is 3.02.